The Kier molecular flexibility index (Phi) is 6.81. The van der Waals surface area contributed by atoms with Gasteiger partial charge >= 0.3 is 11.9 Å². The first-order valence-corrected chi connectivity index (χ1v) is 9.58. The lowest BCUT2D eigenvalue weighted by molar-refractivity contribution is -0.384. The van der Waals surface area contributed by atoms with Gasteiger partial charge in [0.25, 0.3) is 11.6 Å². The molecule has 2 aromatic rings. The molecule has 31 heavy (non-hydrogen) atoms. The van der Waals surface area contributed by atoms with E-state index in [4.69, 9.17) is 4.74 Å². The Morgan fingerprint density at radius 3 is 2.29 bits per heavy atom. The van der Waals surface area contributed by atoms with Gasteiger partial charge in [0.05, 0.1) is 23.2 Å². The van der Waals surface area contributed by atoms with Crippen molar-refractivity contribution in [2.24, 2.45) is 0 Å². The average molecular weight is 427 g/mol. The van der Waals surface area contributed by atoms with Crippen LogP contribution in [0, 0.1) is 10.1 Å². The number of carbonyl (C=O) groups excluding carboxylic acids is 3. The predicted octanol–water partition coefficient (Wildman–Crippen LogP) is 2.78. The highest BCUT2D eigenvalue weighted by Gasteiger charge is 2.24. The van der Waals surface area contributed by atoms with Crippen LogP contribution in [0.3, 0.4) is 0 Å². The summed E-state index contributed by atoms with van der Waals surface area (Å²) in [5, 5.41) is 14.0. The quantitative estimate of drug-likeness (QED) is 0.406. The number of nitro benzene ring substituents is 1. The van der Waals surface area contributed by atoms with E-state index in [1.807, 2.05) is 4.90 Å². The SMILES string of the molecule is COC(=O)c1ccc(NC(=O)COC(=O)c2ccc(N3CCCC3)c([N+](=O)[O-])c2)cc1. The lowest BCUT2D eigenvalue weighted by atomic mass is 10.1. The molecule has 0 atom stereocenters. The van der Waals surface area contributed by atoms with E-state index in [1.165, 1.54) is 49.6 Å². The summed E-state index contributed by atoms with van der Waals surface area (Å²) < 4.78 is 9.58. The third kappa shape index (κ3) is 5.35. The van der Waals surface area contributed by atoms with Crippen LogP contribution in [0.25, 0.3) is 0 Å². The highest BCUT2D eigenvalue weighted by molar-refractivity contribution is 5.96. The van der Waals surface area contributed by atoms with Gasteiger partial charge in [-0.1, -0.05) is 0 Å². The van der Waals surface area contributed by atoms with Crippen molar-refractivity contribution in [2.45, 2.75) is 12.8 Å². The summed E-state index contributed by atoms with van der Waals surface area (Å²) >= 11 is 0. The Labute approximate surface area is 177 Å². The second kappa shape index (κ2) is 9.70. The monoisotopic (exact) mass is 427 g/mol. The van der Waals surface area contributed by atoms with E-state index < -0.39 is 29.4 Å². The van der Waals surface area contributed by atoms with Crippen molar-refractivity contribution in [2.75, 3.05) is 37.0 Å². The molecule has 0 aromatic heterocycles. The fourth-order valence-electron chi connectivity index (χ4n) is 3.24. The number of nitrogens with zero attached hydrogens (tertiary/aromatic N) is 2. The van der Waals surface area contributed by atoms with Gasteiger partial charge in [0, 0.05) is 24.8 Å². The van der Waals surface area contributed by atoms with Crippen molar-refractivity contribution >= 4 is 34.9 Å². The van der Waals surface area contributed by atoms with Crippen molar-refractivity contribution in [3.05, 3.63) is 63.7 Å². The minimum atomic E-state index is -0.840. The molecule has 1 aliphatic heterocycles. The van der Waals surface area contributed by atoms with Gasteiger partial charge in [-0.2, -0.15) is 0 Å². The van der Waals surface area contributed by atoms with Gasteiger partial charge in [0.2, 0.25) is 0 Å². The van der Waals surface area contributed by atoms with E-state index in [-0.39, 0.29) is 11.3 Å². The largest absolute Gasteiger partial charge is 0.465 e. The molecule has 1 saturated heterocycles. The zero-order valence-corrected chi connectivity index (χ0v) is 16.8. The standard InChI is InChI=1S/C21H21N3O7/c1-30-20(26)14-4-7-16(8-5-14)22-19(25)13-31-21(27)15-6-9-17(18(12-15)24(28)29)23-10-2-3-11-23/h4-9,12H,2-3,10-11,13H2,1H3,(H,22,25). The summed E-state index contributed by atoms with van der Waals surface area (Å²) in [6, 6.07) is 10.1. The van der Waals surface area contributed by atoms with Crippen LogP contribution in [0.2, 0.25) is 0 Å². The molecule has 10 nitrogen and oxygen atoms in total. The molecule has 3 rings (SSSR count). The number of methoxy groups -OCH3 is 1. The molecule has 0 aliphatic carbocycles. The Balaban J connectivity index is 1.59. The number of esters is 2. The molecular formula is C21H21N3O7. The molecule has 10 heteroatoms. The topological polar surface area (TPSA) is 128 Å². The van der Waals surface area contributed by atoms with Crippen LogP contribution in [-0.4, -0.2) is 49.6 Å². The molecule has 0 bridgehead atoms. The van der Waals surface area contributed by atoms with E-state index in [0.29, 0.717) is 16.9 Å². The van der Waals surface area contributed by atoms with Gasteiger partial charge < -0.3 is 19.7 Å². The third-order valence-corrected chi connectivity index (χ3v) is 4.78. The predicted molar refractivity (Wildman–Crippen MR) is 111 cm³/mol. The smallest absolute Gasteiger partial charge is 0.338 e. The number of carbonyl (C=O) groups is 3. The Bertz CT molecular complexity index is 999. The summed E-state index contributed by atoms with van der Waals surface area (Å²) in [5.74, 6) is -1.94. The number of nitrogens with one attached hydrogen (secondary N) is 1. The van der Waals surface area contributed by atoms with Crippen LogP contribution in [0.1, 0.15) is 33.6 Å². The maximum absolute atomic E-state index is 12.3. The number of anilines is 2. The molecule has 1 heterocycles. The molecule has 2 aromatic carbocycles. The first-order chi connectivity index (χ1) is 14.9. The number of amides is 1. The van der Waals surface area contributed by atoms with E-state index in [0.717, 1.165) is 25.9 Å². The molecule has 1 amide bonds. The van der Waals surface area contributed by atoms with Crippen molar-refractivity contribution in [3.63, 3.8) is 0 Å². The first kappa shape index (κ1) is 21.8. The number of rotatable bonds is 7. The molecule has 1 N–H and O–H groups in total. The van der Waals surface area contributed by atoms with Crippen LogP contribution in [0.15, 0.2) is 42.5 Å². The van der Waals surface area contributed by atoms with Gasteiger partial charge in [-0.3, -0.25) is 14.9 Å². The van der Waals surface area contributed by atoms with Gasteiger partial charge in [0.1, 0.15) is 5.69 Å². The van der Waals surface area contributed by atoms with Crippen molar-refractivity contribution < 1.29 is 28.8 Å². The highest BCUT2D eigenvalue weighted by Crippen LogP contribution is 2.31. The average Bonchev–Trinajstić information content (AvgIpc) is 3.31. The summed E-state index contributed by atoms with van der Waals surface area (Å²) in [7, 11) is 1.26. The molecule has 0 radical (unpaired) electrons. The zero-order valence-electron chi connectivity index (χ0n) is 16.8. The molecular weight excluding hydrogens is 406 g/mol. The Hall–Kier alpha value is -3.95. The van der Waals surface area contributed by atoms with Crippen molar-refractivity contribution in [3.8, 4) is 0 Å². The highest BCUT2D eigenvalue weighted by atomic mass is 16.6. The molecule has 1 aliphatic rings. The fraction of sp³-hybridized carbons (Fsp3) is 0.286. The van der Waals surface area contributed by atoms with E-state index in [9.17, 15) is 24.5 Å². The third-order valence-electron chi connectivity index (χ3n) is 4.78. The summed E-state index contributed by atoms with van der Waals surface area (Å²) in [5.41, 5.74) is 1.01. The number of hydrogen-bond donors (Lipinski definition) is 1. The summed E-state index contributed by atoms with van der Waals surface area (Å²) in [6.07, 6.45) is 1.92. The number of hydrogen-bond acceptors (Lipinski definition) is 8. The number of ether oxygens (including phenoxy) is 2. The second-order valence-electron chi connectivity index (χ2n) is 6.85. The van der Waals surface area contributed by atoms with Crippen molar-refractivity contribution in [1.82, 2.24) is 0 Å². The molecule has 0 saturated carbocycles. The van der Waals surface area contributed by atoms with Crippen LogP contribution in [0.5, 0.6) is 0 Å². The van der Waals surface area contributed by atoms with Crippen LogP contribution in [-0.2, 0) is 14.3 Å². The lowest BCUT2D eigenvalue weighted by Gasteiger charge is -2.17. The van der Waals surface area contributed by atoms with Crippen LogP contribution in [0.4, 0.5) is 17.1 Å². The minimum absolute atomic E-state index is 0.00937. The number of nitro groups is 1. The maximum Gasteiger partial charge on any atom is 0.338 e. The molecule has 0 unspecified atom stereocenters. The molecule has 162 valence electrons. The normalized spacial score (nSPS) is 12.9. The van der Waals surface area contributed by atoms with Gasteiger partial charge in [-0.05, 0) is 49.2 Å². The first-order valence-electron chi connectivity index (χ1n) is 9.58. The summed E-state index contributed by atoms with van der Waals surface area (Å²) in [4.78, 5) is 48.5. The maximum atomic E-state index is 12.3. The van der Waals surface area contributed by atoms with E-state index >= 15 is 0 Å². The van der Waals surface area contributed by atoms with Crippen LogP contribution < -0.4 is 10.2 Å². The van der Waals surface area contributed by atoms with Crippen molar-refractivity contribution in [1.29, 1.82) is 0 Å². The van der Waals surface area contributed by atoms with Gasteiger partial charge in [-0.25, -0.2) is 9.59 Å². The van der Waals surface area contributed by atoms with Gasteiger partial charge in [0.15, 0.2) is 6.61 Å². The minimum Gasteiger partial charge on any atom is -0.465 e. The molecule has 0 spiro atoms. The van der Waals surface area contributed by atoms with Gasteiger partial charge in [-0.15, -0.1) is 0 Å². The van der Waals surface area contributed by atoms with E-state index in [2.05, 4.69) is 10.1 Å². The Morgan fingerprint density at radius 2 is 1.68 bits per heavy atom. The number of benzene rings is 2. The van der Waals surface area contributed by atoms with Crippen LogP contribution >= 0.6 is 0 Å². The second-order valence-corrected chi connectivity index (χ2v) is 6.85. The molecule has 1 fully saturated rings. The zero-order chi connectivity index (χ0) is 22.4. The van der Waals surface area contributed by atoms with E-state index in [1.54, 1.807) is 0 Å². The Morgan fingerprint density at radius 1 is 1.03 bits per heavy atom. The lowest BCUT2D eigenvalue weighted by Crippen LogP contribution is -2.21. The fourth-order valence-corrected chi connectivity index (χ4v) is 3.24. The summed E-state index contributed by atoms with van der Waals surface area (Å²) in [6.45, 7) is 0.885.